The van der Waals surface area contributed by atoms with Crippen LogP contribution in [0, 0.1) is 5.82 Å². The number of fused-ring (bicyclic) bond motifs is 2. The van der Waals surface area contributed by atoms with E-state index in [1.165, 1.54) is 16.6 Å². The van der Waals surface area contributed by atoms with Gasteiger partial charge in [-0.25, -0.2) is 17.8 Å². The molecular formula is C21H22FN5O3S. The number of aromatic nitrogens is 4. The Hall–Kier alpha value is -2.85. The lowest BCUT2D eigenvalue weighted by Crippen LogP contribution is -2.33. The molecule has 0 aliphatic carbocycles. The molecule has 0 radical (unpaired) electrons. The van der Waals surface area contributed by atoms with Crippen LogP contribution in [0.4, 0.5) is 4.39 Å². The van der Waals surface area contributed by atoms with Crippen molar-refractivity contribution in [2.75, 3.05) is 26.0 Å². The van der Waals surface area contributed by atoms with Gasteiger partial charge < -0.3 is 4.74 Å². The minimum absolute atomic E-state index is 0.219. The highest BCUT2D eigenvalue weighted by molar-refractivity contribution is 7.88. The number of hydrogen-bond acceptors (Lipinski definition) is 6. The van der Waals surface area contributed by atoms with Gasteiger partial charge >= 0.3 is 0 Å². The van der Waals surface area contributed by atoms with E-state index in [0.29, 0.717) is 50.2 Å². The van der Waals surface area contributed by atoms with E-state index in [2.05, 4.69) is 15.2 Å². The van der Waals surface area contributed by atoms with Crippen LogP contribution in [0.15, 0.2) is 30.7 Å². The quantitative estimate of drug-likeness (QED) is 0.600. The fourth-order valence-electron chi connectivity index (χ4n) is 4.30. The number of aryl methyl sites for hydroxylation is 1. The van der Waals surface area contributed by atoms with E-state index < -0.39 is 10.0 Å². The van der Waals surface area contributed by atoms with Crippen molar-refractivity contribution in [1.29, 1.82) is 0 Å². The number of halogens is 1. The van der Waals surface area contributed by atoms with Crippen molar-refractivity contribution in [3.8, 4) is 5.75 Å². The van der Waals surface area contributed by atoms with Crippen LogP contribution in [0.5, 0.6) is 5.75 Å². The summed E-state index contributed by atoms with van der Waals surface area (Å²) in [6.45, 7) is 1.34. The molecular weight excluding hydrogens is 421 g/mol. The standard InChI is InChI=1S/C21H22FN5O3S/c1-31(28,29)26-9-6-14(7-10-26)17-12-23-20(27-13-24-25-21(17)27)5-2-15-16-8-11-30-19(16)4-3-18(15)22/h3-4,6,12-13H,2,5,7-11H2,1H3. The summed E-state index contributed by atoms with van der Waals surface area (Å²) in [5, 5.41) is 8.31. The predicted molar refractivity (Wildman–Crippen MR) is 113 cm³/mol. The minimum atomic E-state index is -3.21. The summed E-state index contributed by atoms with van der Waals surface area (Å²) in [6, 6.07) is 3.15. The fourth-order valence-corrected chi connectivity index (χ4v) is 5.07. The first-order valence-electron chi connectivity index (χ1n) is 10.2. The summed E-state index contributed by atoms with van der Waals surface area (Å²) in [6.07, 6.45) is 8.83. The molecule has 0 unspecified atom stereocenters. The Labute approximate surface area is 179 Å². The van der Waals surface area contributed by atoms with Crippen molar-refractivity contribution in [2.45, 2.75) is 25.7 Å². The lowest BCUT2D eigenvalue weighted by atomic mass is 9.99. The number of nitrogens with zero attached hydrogens (tertiary/aromatic N) is 5. The first-order chi connectivity index (χ1) is 14.9. The van der Waals surface area contributed by atoms with Crippen molar-refractivity contribution in [2.24, 2.45) is 0 Å². The van der Waals surface area contributed by atoms with E-state index in [4.69, 9.17) is 4.74 Å². The second-order valence-corrected chi connectivity index (χ2v) is 9.80. The van der Waals surface area contributed by atoms with Crippen molar-refractivity contribution in [3.63, 3.8) is 0 Å². The third-order valence-corrected chi connectivity index (χ3v) is 7.21. The summed E-state index contributed by atoms with van der Waals surface area (Å²) < 4.78 is 46.8. The average Bonchev–Trinajstić information content (AvgIpc) is 3.42. The van der Waals surface area contributed by atoms with E-state index in [1.807, 2.05) is 10.5 Å². The molecule has 1 aromatic carbocycles. The Kier molecular flexibility index (Phi) is 4.98. The maximum absolute atomic E-state index is 14.5. The summed E-state index contributed by atoms with van der Waals surface area (Å²) in [5.74, 6) is 1.29. The van der Waals surface area contributed by atoms with E-state index >= 15 is 0 Å². The molecule has 10 heteroatoms. The highest BCUT2D eigenvalue weighted by Gasteiger charge is 2.23. The van der Waals surface area contributed by atoms with E-state index in [1.54, 1.807) is 18.6 Å². The molecule has 0 saturated carbocycles. The van der Waals surface area contributed by atoms with Crippen molar-refractivity contribution in [3.05, 3.63) is 59.1 Å². The van der Waals surface area contributed by atoms with Crippen LogP contribution < -0.4 is 4.74 Å². The Morgan fingerprint density at radius 1 is 1.23 bits per heavy atom. The zero-order chi connectivity index (χ0) is 21.6. The van der Waals surface area contributed by atoms with Gasteiger partial charge in [0.2, 0.25) is 10.0 Å². The third kappa shape index (κ3) is 3.70. The predicted octanol–water partition coefficient (Wildman–Crippen LogP) is 2.03. The van der Waals surface area contributed by atoms with Crippen LogP contribution in [-0.2, 0) is 29.3 Å². The Morgan fingerprint density at radius 3 is 2.87 bits per heavy atom. The van der Waals surface area contributed by atoms with Crippen LogP contribution in [0.3, 0.4) is 0 Å². The monoisotopic (exact) mass is 443 g/mol. The number of hydrogen-bond donors (Lipinski definition) is 0. The van der Waals surface area contributed by atoms with Crippen LogP contribution in [0.1, 0.15) is 28.9 Å². The second-order valence-electron chi connectivity index (χ2n) is 7.81. The first kappa shape index (κ1) is 20.1. The van der Waals surface area contributed by atoms with Crippen molar-refractivity contribution in [1.82, 2.24) is 23.9 Å². The molecule has 2 aliphatic rings. The summed E-state index contributed by atoms with van der Waals surface area (Å²) in [7, 11) is -3.21. The van der Waals surface area contributed by atoms with Gasteiger partial charge in [-0.2, -0.15) is 4.31 Å². The molecule has 8 nitrogen and oxygen atoms in total. The van der Waals surface area contributed by atoms with E-state index in [9.17, 15) is 12.8 Å². The topological polar surface area (TPSA) is 89.7 Å². The summed E-state index contributed by atoms with van der Waals surface area (Å²) in [5.41, 5.74) is 4.14. The molecule has 0 amide bonds. The largest absolute Gasteiger partial charge is 0.493 e. The fraction of sp³-hybridized carbons (Fsp3) is 0.381. The average molecular weight is 444 g/mol. The van der Waals surface area contributed by atoms with Crippen molar-refractivity contribution < 1.29 is 17.5 Å². The number of sulfonamides is 1. The van der Waals surface area contributed by atoms with Gasteiger partial charge in [0.15, 0.2) is 5.65 Å². The normalized spacial score (nSPS) is 16.9. The molecule has 5 rings (SSSR count). The highest BCUT2D eigenvalue weighted by atomic mass is 32.2. The maximum Gasteiger partial charge on any atom is 0.211 e. The lowest BCUT2D eigenvalue weighted by Gasteiger charge is -2.24. The minimum Gasteiger partial charge on any atom is -0.493 e. The first-order valence-corrected chi connectivity index (χ1v) is 12.0. The molecule has 4 heterocycles. The smallest absolute Gasteiger partial charge is 0.211 e. The van der Waals surface area contributed by atoms with E-state index in [-0.39, 0.29) is 5.82 Å². The number of ether oxygens (including phenoxy) is 1. The van der Waals surface area contributed by atoms with Crippen LogP contribution in [0.2, 0.25) is 0 Å². The lowest BCUT2D eigenvalue weighted by molar-refractivity contribution is 0.356. The Morgan fingerprint density at radius 2 is 2.10 bits per heavy atom. The van der Waals surface area contributed by atoms with Gasteiger partial charge in [-0.05, 0) is 36.1 Å². The highest BCUT2D eigenvalue weighted by Crippen LogP contribution is 2.31. The van der Waals surface area contributed by atoms with Gasteiger partial charge in [0.1, 0.15) is 23.7 Å². The van der Waals surface area contributed by atoms with Crippen molar-refractivity contribution >= 4 is 21.2 Å². The zero-order valence-corrected chi connectivity index (χ0v) is 17.9. The van der Waals surface area contributed by atoms with Gasteiger partial charge in [-0.1, -0.05) is 6.08 Å². The molecule has 162 valence electrons. The molecule has 2 aliphatic heterocycles. The molecule has 2 aromatic heterocycles. The molecule has 0 atom stereocenters. The second kappa shape index (κ2) is 7.69. The van der Waals surface area contributed by atoms with Gasteiger partial charge in [0.05, 0.1) is 12.9 Å². The Bertz CT molecular complexity index is 1300. The van der Waals surface area contributed by atoms with Gasteiger partial charge in [0.25, 0.3) is 0 Å². The maximum atomic E-state index is 14.5. The molecule has 0 fully saturated rings. The van der Waals surface area contributed by atoms with Crippen LogP contribution in [0.25, 0.3) is 11.2 Å². The van der Waals surface area contributed by atoms with Crippen LogP contribution >= 0.6 is 0 Å². The number of rotatable bonds is 5. The summed E-state index contributed by atoms with van der Waals surface area (Å²) >= 11 is 0. The van der Waals surface area contributed by atoms with E-state index in [0.717, 1.165) is 34.7 Å². The SMILES string of the molecule is CS(=O)(=O)N1CC=C(c2cnc(CCc3c(F)ccc4c3CCO4)n3cnnc23)CC1. The van der Waals surface area contributed by atoms with Gasteiger partial charge in [-0.15, -0.1) is 10.2 Å². The number of benzene rings is 1. The third-order valence-electron chi connectivity index (χ3n) is 5.94. The zero-order valence-electron chi connectivity index (χ0n) is 17.1. The molecule has 0 saturated heterocycles. The Balaban J connectivity index is 1.42. The van der Waals surface area contributed by atoms with Crippen LogP contribution in [-0.4, -0.2) is 58.3 Å². The van der Waals surface area contributed by atoms with Gasteiger partial charge in [-0.3, -0.25) is 4.40 Å². The van der Waals surface area contributed by atoms with Gasteiger partial charge in [0, 0.05) is 43.3 Å². The molecule has 0 N–H and O–H groups in total. The molecule has 31 heavy (non-hydrogen) atoms. The molecule has 0 bridgehead atoms. The molecule has 0 spiro atoms. The molecule has 3 aromatic rings. The summed E-state index contributed by atoms with van der Waals surface area (Å²) in [4.78, 5) is 4.62.